The van der Waals surface area contributed by atoms with Crippen LogP contribution in [0.15, 0.2) is 48.6 Å². The van der Waals surface area contributed by atoms with E-state index in [1.807, 2.05) is 0 Å². The fourth-order valence-electron chi connectivity index (χ4n) is 5.69. The van der Waals surface area contributed by atoms with Gasteiger partial charge in [0, 0.05) is 12.8 Å². The molecule has 0 spiro atoms. The van der Waals surface area contributed by atoms with E-state index >= 15 is 0 Å². The van der Waals surface area contributed by atoms with E-state index in [1.54, 1.807) is 0 Å². The number of ether oxygens (including phenoxy) is 4. The summed E-state index contributed by atoms with van der Waals surface area (Å²) in [6, 6.07) is 0. The SMILES string of the molecule is CCC/C=C\C/C=C\CCCCCCCC(=O)OCC(COC1OC(CS(=O)(=O)O)C(O)C(O)C1O)OC(=O)CCCCCCC/C=C\C/C=C\CCC. The van der Waals surface area contributed by atoms with Crippen LogP contribution in [0.5, 0.6) is 0 Å². The number of esters is 2. The Bertz CT molecular complexity index is 1200. The van der Waals surface area contributed by atoms with Crippen molar-refractivity contribution < 1.29 is 56.8 Å². The fourth-order valence-corrected chi connectivity index (χ4v) is 6.38. The van der Waals surface area contributed by atoms with Gasteiger partial charge in [-0.25, -0.2) is 0 Å². The molecule has 0 amide bonds. The molecule has 12 nitrogen and oxygen atoms in total. The first-order valence-electron chi connectivity index (χ1n) is 20.2. The summed E-state index contributed by atoms with van der Waals surface area (Å²) < 4.78 is 53.8. The first-order valence-corrected chi connectivity index (χ1v) is 21.8. The molecular weight excluding hydrogens is 717 g/mol. The third-order valence-corrected chi connectivity index (χ3v) is 9.59. The summed E-state index contributed by atoms with van der Waals surface area (Å²) in [7, 11) is -4.60. The van der Waals surface area contributed by atoms with Gasteiger partial charge < -0.3 is 34.3 Å². The fraction of sp³-hybridized carbons (Fsp3) is 0.756. The lowest BCUT2D eigenvalue weighted by Gasteiger charge is -2.40. The van der Waals surface area contributed by atoms with Gasteiger partial charge in [0.05, 0.1) is 6.61 Å². The number of unbranched alkanes of at least 4 members (excludes halogenated alkanes) is 12. The van der Waals surface area contributed by atoms with Crippen molar-refractivity contribution in [3.63, 3.8) is 0 Å². The van der Waals surface area contributed by atoms with Gasteiger partial charge in [0.25, 0.3) is 10.1 Å². The highest BCUT2D eigenvalue weighted by Crippen LogP contribution is 2.24. The molecule has 0 radical (unpaired) electrons. The Labute approximate surface area is 324 Å². The van der Waals surface area contributed by atoms with Gasteiger partial charge in [0.15, 0.2) is 12.4 Å². The average molecular weight is 787 g/mol. The minimum atomic E-state index is -4.60. The van der Waals surface area contributed by atoms with E-state index in [4.69, 9.17) is 18.9 Å². The molecule has 0 aliphatic carbocycles. The summed E-state index contributed by atoms with van der Waals surface area (Å²) in [5, 5.41) is 30.8. The van der Waals surface area contributed by atoms with Gasteiger partial charge in [-0.1, -0.05) is 114 Å². The Morgan fingerprint density at radius 3 is 1.63 bits per heavy atom. The number of hydrogen-bond acceptors (Lipinski definition) is 11. The third-order valence-electron chi connectivity index (χ3n) is 8.84. The Morgan fingerprint density at radius 2 is 1.11 bits per heavy atom. The lowest BCUT2D eigenvalue weighted by Crippen LogP contribution is -2.60. The summed E-state index contributed by atoms with van der Waals surface area (Å²) in [5.74, 6) is -2.03. The number of carbonyl (C=O) groups is 2. The van der Waals surface area contributed by atoms with Crippen molar-refractivity contribution in [2.24, 2.45) is 0 Å². The monoisotopic (exact) mass is 786 g/mol. The van der Waals surface area contributed by atoms with Gasteiger partial charge in [0.1, 0.15) is 36.8 Å². The third kappa shape index (κ3) is 26.4. The molecule has 13 heteroatoms. The number of rotatable bonds is 32. The molecule has 312 valence electrons. The molecule has 0 aromatic heterocycles. The molecule has 0 bridgehead atoms. The predicted molar refractivity (Wildman–Crippen MR) is 210 cm³/mol. The Balaban J connectivity index is 2.53. The molecule has 1 rings (SSSR count). The molecule has 1 fully saturated rings. The molecule has 6 unspecified atom stereocenters. The predicted octanol–water partition coefficient (Wildman–Crippen LogP) is 7.22. The Hall–Kier alpha value is -2.39. The van der Waals surface area contributed by atoms with E-state index in [9.17, 15) is 37.9 Å². The summed E-state index contributed by atoms with van der Waals surface area (Å²) in [5.41, 5.74) is 0. The van der Waals surface area contributed by atoms with Crippen molar-refractivity contribution in [1.82, 2.24) is 0 Å². The van der Waals surface area contributed by atoms with Gasteiger partial charge in [-0.2, -0.15) is 8.42 Å². The molecule has 0 aromatic carbocycles. The van der Waals surface area contributed by atoms with E-state index in [0.29, 0.717) is 12.8 Å². The van der Waals surface area contributed by atoms with Crippen molar-refractivity contribution in [2.45, 2.75) is 179 Å². The second-order valence-corrected chi connectivity index (χ2v) is 15.4. The first-order chi connectivity index (χ1) is 26.0. The maximum Gasteiger partial charge on any atom is 0.306 e. The molecule has 4 N–H and O–H groups in total. The Kier molecular flexibility index (Phi) is 29.2. The Morgan fingerprint density at radius 1 is 0.630 bits per heavy atom. The standard InChI is InChI=1S/C41H70O12S/c1-3-5-7-9-11-13-15-17-19-21-23-25-27-29-36(42)50-31-34(32-51-41-40(46)39(45)38(44)35(53-41)33-54(47,48)49)52-37(43)30-28-26-24-22-20-18-16-14-12-10-8-6-4-2/h7-10,13-16,34-35,38-41,44-46H,3-6,11-12,17-33H2,1-2H3,(H,47,48,49)/b9-7-,10-8-,15-13-,16-14-. The number of allylic oxidation sites excluding steroid dienone is 8. The van der Waals surface area contributed by atoms with Crippen LogP contribution in [-0.2, 0) is 38.7 Å². The van der Waals surface area contributed by atoms with Crippen LogP contribution < -0.4 is 0 Å². The van der Waals surface area contributed by atoms with Crippen LogP contribution in [0, 0.1) is 0 Å². The molecule has 1 saturated heterocycles. The zero-order valence-electron chi connectivity index (χ0n) is 32.8. The highest BCUT2D eigenvalue weighted by atomic mass is 32.2. The van der Waals surface area contributed by atoms with Crippen molar-refractivity contribution in [3.8, 4) is 0 Å². The molecule has 0 aromatic rings. The molecule has 1 aliphatic heterocycles. The highest BCUT2D eigenvalue weighted by Gasteiger charge is 2.46. The van der Waals surface area contributed by atoms with Crippen LogP contribution in [0.3, 0.4) is 0 Å². The number of hydrogen-bond donors (Lipinski definition) is 4. The molecule has 1 heterocycles. The molecule has 54 heavy (non-hydrogen) atoms. The summed E-state index contributed by atoms with van der Waals surface area (Å²) >= 11 is 0. The van der Waals surface area contributed by atoms with E-state index in [2.05, 4.69) is 62.5 Å². The highest BCUT2D eigenvalue weighted by molar-refractivity contribution is 7.85. The van der Waals surface area contributed by atoms with Crippen LogP contribution in [-0.4, -0.2) is 96.0 Å². The minimum absolute atomic E-state index is 0.143. The number of carbonyl (C=O) groups excluding carboxylic acids is 2. The summed E-state index contributed by atoms with van der Waals surface area (Å²) in [6.07, 6.45) is 25.9. The smallest absolute Gasteiger partial charge is 0.306 e. The van der Waals surface area contributed by atoms with Gasteiger partial charge in [-0.15, -0.1) is 0 Å². The molecule has 6 atom stereocenters. The normalized spacial score (nSPS) is 21.5. The largest absolute Gasteiger partial charge is 0.462 e. The zero-order chi connectivity index (χ0) is 39.9. The maximum atomic E-state index is 12.7. The van der Waals surface area contributed by atoms with Crippen molar-refractivity contribution in [3.05, 3.63) is 48.6 Å². The van der Waals surface area contributed by atoms with Gasteiger partial charge in [-0.05, 0) is 64.2 Å². The second-order valence-electron chi connectivity index (χ2n) is 13.9. The topological polar surface area (TPSA) is 186 Å². The van der Waals surface area contributed by atoms with E-state index in [-0.39, 0.29) is 19.4 Å². The lowest BCUT2D eigenvalue weighted by molar-refractivity contribution is -0.297. The van der Waals surface area contributed by atoms with Crippen molar-refractivity contribution >= 4 is 22.1 Å². The van der Waals surface area contributed by atoms with Crippen LogP contribution in [0.2, 0.25) is 0 Å². The molecule has 0 saturated carbocycles. The van der Waals surface area contributed by atoms with Crippen LogP contribution in [0.1, 0.15) is 142 Å². The van der Waals surface area contributed by atoms with Crippen molar-refractivity contribution in [2.75, 3.05) is 19.0 Å². The van der Waals surface area contributed by atoms with Crippen LogP contribution in [0.4, 0.5) is 0 Å². The average Bonchev–Trinajstić information content (AvgIpc) is 3.13. The van der Waals surface area contributed by atoms with Crippen molar-refractivity contribution in [1.29, 1.82) is 0 Å². The zero-order valence-corrected chi connectivity index (χ0v) is 33.6. The summed E-state index contributed by atoms with van der Waals surface area (Å²) in [4.78, 5) is 25.3. The number of aliphatic hydroxyl groups excluding tert-OH is 3. The lowest BCUT2D eigenvalue weighted by atomic mass is 10.00. The molecule has 1 aliphatic rings. The van der Waals surface area contributed by atoms with Crippen LogP contribution >= 0.6 is 0 Å². The second kappa shape index (κ2) is 31.8. The quantitative estimate of drug-likeness (QED) is 0.0233. The van der Waals surface area contributed by atoms with Crippen LogP contribution in [0.25, 0.3) is 0 Å². The van der Waals surface area contributed by atoms with E-state index in [1.165, 1.54) is 0 Å². The minimum Gasteiger partial charge on any atom is -0.462 e. The van der Waals surface area contributed by atoms with E-state index < -0.39 is 71.2 Å². The number of aliphatic hydroxyl groups is 3. The summed E-state index contributed by atoms with van der Waals surface area (Å²) in [6.45, 7) is 3.57. The molecular formula is C41H70O12S. The first kappa shape index (κ1) is 49.6. The van der Waals surface area contributed by atoms with Gasteiger partial charge >= 0.3 is 11.9 Å². The maximum absolute atomic E-state index is 12.7. The van der Waals surface area contributed by atoms with Gasteiger partial charge in [-0.3, -0.25) is 14.1 Å². The van der Waals surface area contributed by atoms with Gasteiger partial charge in [0.2, 0.25) is 0 Å². The van der Waals surface area contributed by atoms with E-state index in [0.717, 1.165) is 103 Å².